The zero-order chi connectivity index (χ0) is 16.3. The van der Waals surface area contributed by atoms with Gasteiger partial charge in [-0.05, 0) is 19.1 Å². The molecule has 0 radical (unpaired) electrons. The van der Waals surface area contributed by atoms with Gasteiger partial charge in [-0.15, -0.1) is 0 Å². The quantitative estimate of drug-likeness (QED) is 0.626. The Morgan fingerprint density at radius 3 is 2.64 bits per heavy atom. The lowest BCUT2D eigenvalue weighted by Crippen LogP contribution is -2.11. The van der Waals surface area contributed by atoms with Gasteiger partial charge in [0.1, 0.15) is 12.4 Å². The minimum absolute atomic E-state index is 0.0373. The molecule has 0 aliphatic carbocycles. The summed E-state index contributed by atoms with van der Waals surface area (Å²) in [4.78, 5) is 14.8. The molecule has 0 aliphatic heterocycles. The second-order valence-electron chi connectivity index (χ2n) is 4.18. The van der Waals surface area contributed by atoms with Crippen LogP contribution in [0.4, 0.5) is 17.6 Å². The Balaban J connectivity index is 2.26. The summed E-state index contributed by atoms with van der Waals surface area (Å²) in [6.45, 7) is 1.70. The second kappa shape index (κ2) is 6.22. The number of ether oxygens (including phenoxy) is 1. The molecule has 1 heterocycles. The topological polar surface area (TPSA) is 65.2 Å². The highest BCUT2D eigenvalue weighted by molar-refractivity contribution is 5.97. The number of carbonyl (C=O) groups excluding carboxylic acids is 1. The van der Waals surface area contributed by atoms with Gasteiger partial charge in [0.05, 0.1) is 5.56 Å². The first-order valence-electron chi connectivity index (χ1n) is 6.14. The molecule has 0 saturated heterocycles. The molecule has 0 N–H and O–H groups in total. The number of halogens is 4. The van der Waals surface area contributed by atoms with Crippen molar-refractivity contribution in [2.45, 2.75) is 13.1 Å². The molecule has 118 valence electrons. The Morgan fingerprint density at radius 2 is 2.09 bits per heavy atom. The van der Waals surface area contributed by atoms with E-state index in [0.29, 0.717) is 6.61 Å². The van der Waals surface area contributed by atoms with Crippen LogP contribution in [-0.2, 0) is 10.9 Å². The van der Waals surface area contributed by atoms with Crippen molar-refractivity contribution in [3.05, 3.63) is 35.5 Å². The zero-order valence-corrected chi connectivity index (χ0v) is 11.3. The number of Topliss-reactive ketones (excluding diaryl/α,β-unsaturated/α-hetero) is 1. The molecule has 0 spiro atoms. The van der Waals surface area contributed by atoms with Crippen LogP contribution in [0.1, 0.15) is 23.2 Å². The predicted molar refractivity (Wildman–Crippen MR) is 65.5 cm³/mol. The third kappa shape index (κ3) is 3.48. The van der Waals surface area contributed by atoms with Gasteiger partial charge < -0.3 is 9.26 Å². The van der Waals surface area contributed by atoms with E-state index in [1.54, 1.807) is 6.92 Å². The van der Waals surface area contributed by atoms with Gasteiger partial charge >= 0.3 is 12.1 Å². The summed E-state index contributed by atoms with van der Waals surface area (Å²) in [5, 5.41) is 3.14. The fourth-order valence-corrected chi connectivity index (χ4v) is 1.61. The Labute approximate surface area is 121 Å². The average molecular weight is 318 g/mol. The lowest BCUT2D eigenvalue weighted by atomic mass is 10.1. The third-order valence-corrected chi connectivity index (χ3v) is 2.63. The monoisotopic (exact) mass is 318 g/mol. The van der Waals surface area contributed by atoms with Gasteiger partial charge in [0.15, 0.2) is 5.78 Å². The zero-order valence-electron chi connectivity index (χ0n) is 11.3. The van der Waals surface area contributed by atoms with Gasteiger partial charge in [-0.25, -0.2) is 4.39 Å². The molecule has 5 nitrogen and oxygen atoms in total. The molecule has 0 unspecified atom stereocenters. The number of ketones is 1. The summed E-state index contributed by atoms with van der Waals surface area (Å²) in [6.07, 6.45) is -4.78. The van der Waals surface area contributed by atoms with E-state index in [1.165, 1.54) is 6.07 Å². The van der Waals surface area contributed by atoms with Gasteiger partial charge in [-0.1, -0.05) is 11.2 Å². The summed E-state index contributed by atoms with van der Waals surface area (Å²) in [5.74, 6) is -3.43. The maximum atomic E-state index is 13.9. The predicted octanol–water partition coefficient (Wildman–Crippen LogP) is 3.11. The van der Waals surface area contributed by atoms with Crippen LogP contribution in [0.3, 0.4) is 0 Å². The molecule has 1 aromatic carbocycles. The third-order valence-electron chi connectivity index (χ3n) is 2.63. The first-order chi connectivity index (χ1) is 10.3. The summed E-state index contributed by atoms with van der Waals surface area (Å²) < 4.78 is 59.9. The number of carbonyl (C=O) groups is 1. The van der Waals surface area contributed by atoms with Crippen LogP contribution >= 0.6 is 0 Å². The minimum atomic E-state index is -4.78. The molecule has 2 aromatic rings. The summed E-state index contributed by atoms with van der Waals surface area (Å²) in [5.41, 5.74) is -0.263. The first kappa shape index (κ1) is 16.1. The molecule has 0 fully saturated rings. The van der Waals surface area contributed by atoms with Crippen LogP contribution in [0.2, 0.25) is 0 Å². The van der Waals surface area contributed by atoms with Crippen LogP contribution in [0, 0.1) is 5.82 Å². The fraction of sp³-hybridized carbons (Fsp3) is 0.308. The largest absolute Gasteiger partial charge is 0.471 e. The van der Waals surface area contributed by atoms with E-state index < -0.39 is 29.5 Å². The Morgan fingerprint density at radius 1 is 1.36 bits per heavy atom. The van der Waals surface area contributed by atoms with Crippen LogP contribution in [0.5, 0.6) is 0 Å². The van der Waals surface area contributed by atoms with Gasteiger partial charge in [0.2, 0.25) is 5.82 Å². The average Bonchev–Trinajstić information content (AvgIpc) is 2.94. The van der Waals surface area contributed by atoms with Crippen LogP contribution < -0.4 is 0 Å². The molecular weight excluding hydrogens is 308 g/mol. The SMILES string of the molecule is CCOCC(=O)c1ccc(-c2noc(C(F)(F)F)n2)cc1F. The summed E-state index contributed by atoms with van der Waals surface area (Å²) in [7, 11) is 0. The number of nitrogens with zero attached hydrogens (tertiary/aromatic N) is 2. The number of hydrogen-bond acceptors (Lipinski definition) is 5. The normalized spacial score (nSPS) is 11.7. The van der Waals surface area contributed by atoms with E-state index >= 15 is 0 Å². The molecule has 1 aromatic heterocycles. The van der Waals surface area contributed by atoms with E-state index in [2.05, 4.69) is 14.7 Å². The highest BCUT2D eigenvalue weighted by Gasteiger charge is 2.38. The van der Waals surface area contributed by atoms with E-state index in [0.717, 1.165) is 12.1 Å². The number of aromatic nitrogens is 2. The van der Waals surface area contributed by atoms with Crippen molar-refractivity contribution in [1.82, 2.24) is 10.1 Å². The number of benzene rings is 1. The highest BCUT2D eigenvalue weighted by Crippen LogP contribution is 2.29. The number of rotatable bonds is 5. The molecule has 2 rings (SSSR count). The lowest BCUT2D eigenvalue weighted by molar-refractivity contribution is -0.159. The van der Waals surface area contributed by atoms with Crippen molar-refractivity contribution in [1.29, 1.82) is 0 Å². The standard InChI is InChI=1S/C13H10F4N2O3/c1-2-21-6-10(20)8-4-3-7(5-9(8)14)11-18-12(22-19-11)13(15,16)17/h3-5H,2,6H2,1H3. The molecule has 0 aliphatic rings. The van der Waals surface area contributed by atoms with Crippen molar-refractivity contribution >= 4 is 5.78 Å². The maximum Gasteiger partial charge on any atom is 0.471 e. The molecule has 0 saturated carbocycles. The van der Waals surface area contributed by atoms with Gasteiger partial charge in [-0.2, -0.15) is 18.2 Å². The van der Waals surface area contributed by atoms with Crippen LogP contribution in [0.25, 0.3) is 11.4 Å². The lowest BCUT2D eigenvalue weighted by Gasteiger charge is -2.04. The van der Waals surface area contributed by atoms with Crippen molar-refractivity contribution in [3.63, 3.8) is 0 Å². The summed E-state index contributed by atoms with van der Waals surface area (Å²) in [6, 6.07) is 3.23. The van der Waals surface area contributed by atoms with E-state index in [9.17, 15) is 22.4 Å². The second-order valence-corrected chi connectivity index (χ2v) is 4.18. The molecule has 22 heavy (non-hydrogen) atoms. The smallest absolute Gasteiger partial charge is 0.374 e. The van der Waals surface area contributed by atoms with E-state index in [4.69, 9.17) is 4.74 Å². The van der Waals surface area contributed by atoms with Gasteiger partial charge in [0, 0.05) is 12.2 Å². The Bertz CT molecular complexity index is 682. The molecule has 9 heteroatoms. The fourth-order valence-electron chi connectivity index (χ4n) is 1.61. The van der Waals surface area contributed by atoms with Crippen molar-refractivity contribution < 1.29 is 31.6 Å². The molecule has 0 atom stereocenters. The van der Waals surface area contributed by atoms with Gasteiger partial charge in [0.25, 0.3) is 0 Å². The molecule has 0 amide bonds. The van der Waals surface area contributed by atoms with Crippen LogP contribution in [0.15, 0.2) is 22.7 Å². The first-order valence-corrected chi connectivity index (χ1v) is 6.14. The summed E-state index contributed by atoms with van der Waals surface area (Å²) >= 11 is 0. The Kier molecular flexibility index (Phi) is 4.55. The van der Waals surface area contributed by atoms with Crippen LogP contribution in [-0.4, -0.2) is 29.1 Å². The van der Waals surface area contributed by atoms with Crippen molar-refractivity contribution in [3.8, 4) is 11.4 Å². The minimum Gasteiger partial charge on any atom is -0.374 e. The molecule has 0 bridgehead atoms. The van der Waals surface area contributed by atoms with E-state index in [1.807, 2.05) is 0 Å². The van der Waals surface area contributed by atoms with Crippen molar-refractivity contribution in [2.75, 3.05) is 13.2 Å². The Hall–Kier alpha value is -2.29. The maximum absolute atomic E-state index is 13.9. The van der Waals surface area contributed by atoms with Gasteiger partial charge in [-0.3, -0.25) is 4.79 Å². The van der Waals surface area contributed by atoms with E-state index in [-0.39, 0.29) is 17.7 Å². The highest BCUT2D eigenvalue weighted by atomic mass is 19.4. The molecular formula is C13H10F4N2O3. The van der Waals surface area contributed by atoms with Crippen molar-refractivity contribution in [2.24, 2.45) is 0 Å². The number of hydrogen-bond donors (Lipinski definition) is 0. The number of alkyl halides is 3.